The van der Waals surface area contributed by atoms with Crippen LogP contribution < -0.4 is 21.1 Å². The van der Waals surface area contributed by atoms with Gasteiger partial charge in [-0.2, -0.15) is 0 Å². The van der Waals surface area contributed by atoms with E-state index in [0.717, 1.165) is 12.1 Å². The van der Waals surface area contributed by atoms with Crippen molar-refractivity contribution in [3.63, 3.8) is 0 Å². The van der Waals surface area contributed by atoms with Crippen LogP contribution in [0.5, 0.6) is 5.75 Å². The van der Waals surface area contributed by atoms with E-state index in [1.54, 1.807) is 24.3 Å². The van der Waals surface area contributed by atoms with Crippen LogP contribution in [0.25, 0.3) is 0 Å². The fourth-order valence-corrected chi connectivity index (χ4v) is 2.10. The van der Waals surface area contributed by atoms with Gasteiger partial charge in [0.25, 0.3) is 5.91 Å². The zero-order valence-electron chi connectivity index (χ0n) is 13.9. The molecule has 2 aromatic rings. The number of aliphatic imine (C=N–C) groups is 1. The molecule has 0 fully saturated rings. The summed E-state index contributed by atoms with van der Waals surface area (Å²) >= 11 is 5.75. The van der Waals surface area contributed by atoms with Gasteiger partial charge in [0.05, 0.1) is 6.54 Å². The first kappa shape index (κ1) is 20.4. The zero-order chi connectivity index (χ0) is 19.9. The molecule has 4 N–H and O–H groups in total. The highest BCUT2D eigenvalue weighted by Crippen LogP contribution is 2.23. The number of benzene rings is 2. The Kier molecular flexibility index (Phi) is 6.89. The van der Waals surface area contributed by atoms with Gasteiger partial charge in [0, 0.05) is 22.8 Å². The molecular weight excluding hydrogens is 385 g/mol. The highest BCUT2D eigenvalue weighted by atomic mass is 35.5. The monoisotopic (exact) mass is 400 g/mol. The van der Waals surface area contributed by atoms with Gasteiger partial charge in [-0.15, -0.1) is 13.2 Å². The molecule has 2 aromatic carbocycles. The van der Waals surface area contributed by atoms with Gasteiger partial charge in [0.1, 0.15) is 5.75 Å². The fourth-order valence-electron chi connectivity index (χ4n) is 1.98. The number of guanidine groups is 1. The van der Waals surface area contributed by atoms with Crippen molar-refractivity contribution in [2.24, 2.45) is 10.7 Å². The molecule has 0 aliphatic heterocycles. The molecule has 144 valence electrons. The van der Waals surface area contributed by atoms with Gasteiger partial charge in [0.2, 0.25) is 0 Å². The summed E-state index contributed by atoms with van der Waals surface area (Å²) < 4.78 is 40.1. The molecule has 0 spiro atoms. The highest BCUT2D eigenvalue weighted by molar-refractivity contribution is 6.30. The molecule has 0 heterocycles. The summed E-state index contributed by atoms with van der Waals surface area (Å²) in [7, 11) is 0. The average Bonchev–Trinajstić information content (AvgIpc) is 2.59. The zero-order valence-corrected chi connectivity index (χ0v) is 14.6. The lowest BCUT2D eigenvalue weighted by atomic mass is 10.2. The van der Waals surface area contributed by atoms with Crippen LogP contribution in [0.2, 0.25) is 5.02 Å². The van der Waals surface area contributed by atoms with Crippen LogP contribution in [-0.2, 0) is 0 Å². The quantitative estimate of drug-likeness (QED) is 0.394. The second-order valence-corrected chi connectivity index (χ2v) is 5.66. The topological polar surface area (TPSA) is 88.7 Å². The molecule has 27 heavy (non-hydrogen) atoms. The number of alkyl halides is 3. The third-order valence-electron chi connectivity index (χ3n) is 3.15. The van der Waals surface area contributed by atoms with Crippen LogP contribution in [0.15, 0.2) is 53.5 Å². The Balaban J connectivity index is 1.77. The van der Waals surface area contributed by atoms with E-state index in [0.29, 0.717) is 16.3 Å². The van der Waals surface area contributed by atoms with E-state index in [4.69, 9.17) is 17.3 Å². The maximum absolute atomic E-state index is 12.1. The molecule has 1 amide bonds. The summed E-state index contributed by atoms with van der Waals surface area (Å²) in [6.45, 7) is 0.468. The number of anilines is 1. The van der Waals surface area contributed by atoms with Crippen LogP contribution in [0.4, 0.5) is 18.9 Å². The van der Waals surface area contributed by atoms with Crippen LogP contribution in [0.1, 0.15) is 10.4 Å². The summed E-state index contributed by atoms with van der Waals surface area (Å²) in [5.74, 6) is -0.553. The van der Waals surface area contributed by atoms with Crippen molar-refractivity contribution < 1.29 is 22.7 Å². The molecule has 0 atom stereocenters. The van der Waals surface area contributed by atoms with Crippen molar-refractivity contribution in [1.82, 2.24) is 5.32 Å². The van der Waals surface area contributed by atoms with Gasteiger partial charge in [-0.1, -0.05) is 11.6 Å². The lowest BCUT2D eigenvalue weighted by Gasteiger charge is -2.10. The predicted octanol–water partition coefficient (Wildman–Crippen LogP) is 3.40. The minimum absolute atomic E-state index is 0.0558. The van der Waals surface area contributed by atoms with Crippen molar-refractivity contribution in [3.8, 4) is 5.75 Å². The van der Waals surface area contributed by atoms with Crippen molar-refractivity contribution in [2.45, 2.75) is 6.36 Å². The molecule has 2 rings (SSSR count). The minimum atomic E-state index is -4.74. The van der Waals surface area contributed by atoms with E-state index in [1.807, 2.05) is 0 Å². The Bertz CT molecular complexity index is 793. The Morgan fingerprint density at radius 1 is 1.11 bits per heavy atom. The van der Waals surface area contributed by atoms with E-state index in [9.17, 15) is 18.0 Å². The maximum Gasteiger partial charge on any atom is 0.573 e. The Morgan fingerprint density at radius 2 is 1.74 bits per heavy atom. The molecule has 10 heteroatoms. The third kappa shape index (κ3) is 7.45. The van der Waals surface area contributed by atoms with E-state index in [1.165, 1.54) is 12.1 Å². The van der Waals surface area contributed by atoms with Crippen molar-refractivity contribution in [1.29, 1.82) is 0 Å². The fraction of sp³-hybridized carbons (Fsp3) is 0.176. The molecular formula is C17H16ClF3N4O2. The molecule has 0 saturated heterocycles. The number of hydrogen-bond donors (Lipinski definition) is 3. The number of halogens is 4. The molecule has 0 saturated carbocycles. The molecule has 0 unspecified atom stereocenters. The van der Waals surface area contributed by atoms with Gasteiger partial charge >= 0.3 is 6.36 Å². The number of nitrogens with two attached hydrogens (primary N) is 1. The van der Waals surface area contributed by atoms with E-state index in [2.05, 4.69) is 20.4 Å². The molecule has 0 aliphatic carbocycles. The first-order valence-corrected chi connectivity index (χ1v) is 8.07. The van der Waals surface area contributed by atoms with Crippen LogP contribution in [0.3, 0.4) is 0 Å². The van der Waals surface area contributed by atoms with E-state index >= 15 is 0 Å². The number of carbonyl (C=O) groups excluding carboxylic acids is 1. The first-order chi connectivity index (χ1) is 12.7. The summed E-state index contributed by atoms with van der Waals surface area (Å²) in [6, 6.07) is 11.5. The normalized spacial score (nSPS) is 11.8. The number of nitrogens with one attached hydrogen (secondary N) is 2. The van der Waals surface area contributed by atoms with Crippen molar-refractivity contribution >= 4 is 29.2 Å². The number of amides is 1. The standard InChI is InChI=1S/C17H16ClF3N4O2/c18-12-3-1-11(2-4-12)15(26)23-9-10-24-16(22)25-13-5-7-14(8-6-13)27-17(19,20)21/h1-8H,9-10H2,(H,23,26)(H3,22,24,25). The molecule has 0 radical (unpaired) electrons. The summed E-state index contributed by atoms with van der Waals surface area (Å²) in [5, 5.41) is 5.93. The second-order valence-electron chi connectivity index (χ2n) is 5.23. The summed E-state index contributed by atoms with van der Waals surface area (Å²) in [5.41, 5.74) is 6.60. The molecule has 0 aromatic heterocycles. The van der Waals surface area contributed by atoms with Gasteiger partial charge in [-0.05, 0) is 48.5 Å². The number of carbonyl (C=O) groups is 1. The van der Waals surface area contributed by atoms with Crippen molar-refractivity contribution in [3.05, 3.63) is 59.1 Å². The van der Waals surface area contributed by atoms with Gasteiger partial charge in [-0.3, -0.25) is 9.79 Å². The molecule has 0 aliphatic rings. The van der Waals surface area contributed by atoms with Gasteiger partial charge in [-0.25, -0.2) is 0 Å². The largest absolute Gasteiger partial charge is 0.573 e. The average molecular weight is 401 g/mol. The second kappa shape index (κ2) is 9.13. The van der Waals surface area contributed by atoms with Crippen LogP contribution in [-0.4, -0.2) is 31.3 Å². The maximum atomic E-state index is 12.1. The predicted molar refractivity (Wildman–Crippen MR) is 97.0 cm³/mol. The summed E-state index contributed by atoms with van der Waals surface area (Å²) in [6.07, 6.45) is -4.74. The summed E-state index contributed by atoms with van der Waals surface area (Å²) in [4.78, 5) is 15.9. The highest BCUT2D eigenvalue weighted by Gasteiger charge is 2.30. The number of hydrogen-bond acceptors (Lipinski definition) is 3. The number of ether oxygens (including phenoxy) is 1. The lowest BCUT2D eigenvalue weighted by Crippen LogP contribution is -2.28. The van der Waals surface area contributed by atoms with E-state index < -0.39 is 6.36 Å². The van der Waals surface area contributed by atoms with E-state index in [-0.39, 0.29) is 30.7 Å². The Morgan fingerprint density at radius 3 is 2.33 bits per heavy atom. The SMILES string of the molecule is NC(=NCCNC(=O)c1ccc(Cl)cc1)Nc1ccc(OC(F)(F)F)cc1. The third-order valence-corrected chi connectivity index (χ3v) is 3.40. The van der Waals surface area contributed by atoms with Crippen LogP contribution >= 0.6 is 11.6 Å². The van der Waals surface area contributed by atoms with Gasteiger partial charge in [0.15, 0.2) is 5.96 Å². The first-order valence-electron chi connectivity index (χ1n) is 7.69. The Hall–Kier alpha value is -2.94. The molecule has 6 nitrogen and oxygen atoms in total. The smallest absolute Gasteiger partial charge is 0.406 e. The molecule has 0 bridgehead atoms. The van der Waals surface area contributed by atoms with Gasteiger partial charge < -0.3 is 21.1 Å². The lowest BCUT2D eigenvalue weighted by molar-refractivity contribution is -0.274. The van der Waals surface area contributed by atoms with Crippen LogP contribution in [0, 0.1) is 0 Å². The number of rotatable bonds is 6. The number of nitrogens with zero attached hydrogens (tertiary/aromatic N) is 1. The minimum Gasteiger partial charge on any atom is -0.406 e. The van der Waals surface area contributed by atoms with Crippen molar-refractivity contribution in [2.75, 3.05) is 18.4 Å². The Labute approximate surface area is 158 Å².